The monoisotopic (exact) mass is 248 g/mol. The molecular weight excluding hydrogens is 224 g/mol. The van der Waals surface area contributed by atoms with Crippen LogP contribution in [0.25, 0.3) is 0 Å². The van der Waals surface area contributed by atoms with E-state index >= 15 is 0 Å². The highest BCUT2D eigenvalue weighted by Crippen LogP contribution is 2.24. The smallest absolute Gasteiger partial charge is 0.0638 e. The minimum atomic E-state index is 0.00370. The molecule has 0 aliphatic carbocycles. The van der Waals surface area contributed by atoms with E-state index in [4.69, 9.17) is 10.5 Å². The molecule has 0 radical (unpaired) electrons. The average Bonchev–Trinajstić information content (AvgIpc) is 2.39. The van der Waals surface area contributed by atoms with Gasteiger partial charge in [-0.15, -0.1) is 0 Å². The molecule has 3 heteroatoms. The number of hydrogen-bond acceptors (Lipinski definition) is 3. The van der Waals surface area contributed by atoms with E-state index in [9.17, 15) is 0 Å². The molecule has 2 rings (SSSR count). The molecule has 0 spiro atoms. The van der Waals surface area contributed by atoms with E-state index in [1.165, 1.54) is 16.7 Å². The van der Waals surface area contributed by atoms with Gasteiger partial charge in [0.15, 0.2) is 0 Å². The van der Waals surface area contributed by atoms with Gasteiger partial charge in [-0.3, -0.25) is 0 Å². The highest BCUT2D eigenvalue weighted by atomic mass is 16.5. The minimum absolute atomic E-state index is 0.00370. The first kappa shape index (κ1) is 13.5. The Morgan fingerprint density at radius 3 is 2.78 bits per heavy atom. The van der Waals surface area contributed by atoms with Gasteiger partial charge in [0.2, 0.25) is 0 Å². The molecule has 2 unspecified atom stereocenters. The van der Waals surface area contributed by atoms with Crippen molar-refractivity contribution in [3.05, 3.63) is 34.9 Å². The zero-order valence-corrected chi connectivity index (χ0v) is 11.6. The van der Waals surface area contributed by atoms with Crippen LogP contribution in [0.3, 0.4) is 0 Å². The number of hydrogen-bond donors (Lipinski definition) is 2. The minimum Gasteiger partial charge on any atom is -0.378 e. The van der Waals surface area contributed by atoms with E-state index in [2.05, 4.69) is 44.3 Å². The van der Waals surface area contributed by atoms with Crippen molar-refractivity contribution >= 4 is 0 Å². The molecule has 100 valence electrons. The van der Waals surface area contributed by atoms with E-state index in [0.717, 1.165) is 13.2 Å². The number of morpholine rings is 1. The van der Waals surface area contributed by atoms with Crippen molar-refractivity contribution in [1.29, 1.82) is 0 Å². The Morgan fingerprint density at radius 2 is 2.17 bits per heavy atom. The molecule has 1 aromatic carbocycles. The number of rotatable bonds is 3. The van der Waals surface area contributed by atoms with Crippen molar-refractivity contribution in [1.82, 2.24) is 5.32 Å². The van der Waals surface area contributed by atoms with Gasteiger partial charge in [0.05, 0.1) is 13.2 Å². The molecule has 3 nitrogen and oxygen atoms in total. The molecule has 1 fully saturated rings. The van der Waals surface area contributed by atoms with Crippen LogP contribution in [0.1, 0.15) is 42.5 Å². The number of nitrogens with two attached hydrogens (primary N) is 1. The van der Waals surface area contributed by atoms with Gasteiger partial charge in [0.25, 0.3) is 0 Å². The molecule has 1 saturated heterocycles. The van der Waals surface area contributed by atoms with Gasteiger partial charge in [-0.25, -0.2) is 0 Å². The number of benzene rings is 1. The molecule has 0 amide bonds. The fraction of sp³-hybridized carbons (Fsp3) is 0.600. The van der Waals surface area contributed by atoms with Crippen molar-refractivity contribution < 1.29 is 4.74 Å². The Balaban J connectivity index is 2.22. The highest BCUT2D eigenvalue weighted by Gasteiger charge is 2.23. The predicted octanol–water partition coefficient (Wildman–Crippen LogP) is 2.11. The third kappa shape index (κ3) is 2.91. The summed E-state index contributed by atoms with van der Waals surface area (Å²) in [5, 5.41) is 3.44. The lowest BCUT2D eigenvalue weighted by Gasteiger charge is -2.30. The van der Waals surface area contributed by atoms with Gasteiger partial charge < -0.3 is 15.8 Å². The molecule has 0 aromatic heterocycles. The van der Waals surface area contributed by atoms with Crippen LogP contribution >= 0.6 is 0 Å². The number of nitrogens with one attached hydrogen (secondary N) is 1. The highest BCUT2D eigenvalue weighted by molar-refractivity contribution is 5.35. The maximum absolute atomic E-state index is 6.40. The first-order chi connectivity index (χ1) is 8.59. The molecule has 0 bridgehead atoms. The number of ether oxygens (including phenoxy) is 1. The predicted molar refractivity (Wildman–Crippen MR) is 74.8 cm³/mol. The standard InChI is InChI=1S/C15H24N2O/c1-10(2)12-5-4-11(3)13(8-12)15(16)14-9-18-7-6-17-14/h4-5,8,10,14-15,17H,6-7,9,16H2,1-3H3. The van der Waals surface area contributed by atoms with E-state index in [1.54, 1.807) is 0 Å². The molecule has 18 heavy (non-hydrogen) atoms. The molecule has 1 aliphatic heterocycles. The van der Waals surface area contributed by atoms with Crippen LogP contribution in [0.5, 0.6) is 0 Å². The number of aryl methyl sites for hydroxylation is 1. The van der Waals surface area contributed by atoms with Gasteiger partial charge in [0.1, 0.15) is 0 Å². The first-order valence-electron chi connectivity index (χ1n) is 6.76. The topological polar surface area (TPSA) is 47.3 Å². The lowest BCUT2D eigenvalue weighted by atomic mass is 9.91. The van der Waals surface area contributed by atoms with E-state index in [-0.39, 0.29) is 12.1 Å². The van der Waals surface area contributed by atoms with Gasteiger partial charge >= 0.3 is 0 Å². The molecule has 2 atom stereocenters. The van der Waals surface area contributed by atoms with Crippen LogP contribution < -0.4 is 11.1 Å². The molecule has 0 saturated carbocycles. The van der Waals surface area contributed by atoms with E-state index in [0.29, 0.717) is 12.5 Å². The largest absolute Gasteiger partial charge is 0.378 e. The maximum Gasteiger partial charge on any atom is 0.0638 e. The lowest BCUT2D eigenvalue weighted by Crippen LogP contribution is -2.47. The van der Waals surface area contributed by atoms with Crippen LogP contribution in [0.15, 0.2) is 18.2 Å². The first-order valence-corrected chi connectivity index (χ1v) is 6.76. The Kier molecular flexibility index (Phi) is 4.38. The van der Waals surface area contributed by atoms with Gasteiger partial charge in [-0.2, -0.15) is 0 Å². The Morgan fingerprint density at radius 1 is 1.39 bits per heavy atom. The van der Waals surface area contributed by atoms with Gasteiger partial charge in [0, 0.05) is 18.6 Å². The molecule has 1 aliphatic rings. The summed E-state index contributed by atoms with van der Waals surface area (Å²) in [6.07, 6.45) is 0. The second kappa shape index (κ2) is 5.83. The molecular formula is C15H24N2O. The van der Waals surface area contributed by atoms with E-state index < -0.39 is 0 Å². The van der Waals surface area contributed by atoms with Crippen LogP contribution in [-0.4, -0.2) is 25.8 Å². The molecule has 1 heterocycles. The van der Waals surface area contributed by atoms with Crippen LogP contribution in [0, 0.1) is 6.92 Å². The second-order valence-electron chi connectivity index (χ2n) is 5.43. The molecule has 3 N–H and O–H groups in total. The summed E-state index contributed by atoms with van der Waals surface area (Å²) >= 11 is 0. The summed E-state index contributed by atoms with van der Waals surface area (Å²) < 4.78 is 5.50. The van der Waals surface area contributed by atoms with Gasteiger partial charge in [-0.1, -0.05) is 32.0 Å². The average molecular weight is 248 g/mol. The fourth-order valence-electron chi connectivity index (χ4n) is 2.41. The Hall–Kier alpha value is -0.900. The third-order valence-corrected chi connectivity index (χ3v) is 3.71. The van der Waals surface area contributed by atoms with Crippen molar-refractivity contribution in [3.8, 4) is 0 Å². The van der Waals surface area contributed by atoms with E-state index in [1.807, 2.05) is 0 Å². The normalized spacial score (nSPS) is 22.2. The van der Waals surface area contributed by atoms with Gasteiger partial charge in [-0.05, 0) is 29.5 Å². The SMILES string of the molecule is Cc1ccc(C(C)C)cc1C(N)C1COCCN1. The summed E-state index contributed by atoms with van der Waals surface area (Å²) in [4.78, 5) is 0. The molecule has 1 aromatic rings. The summed E-state index contributed by atoms with van der Waals surface area (Å²) in [5.74, 6) is 0.534. The Bertz CT molecular complexity index is 397. The maximum atomic E-state index is 6.40. The summed E-state index contributed by atoms with van der Waals surface area (Å²) in [5.41, 5.74) is 10.3. The zero-order valence-electron chi connectivity index (χ0n) is 11.6. The van der Waals surface area contributed by atoms with Crippen LogP contribution in [-0.2, 0) is 4.74 Å². The van der Waals surface area contributed by atoms with Crippen LogP contribution in [0.2, 0.25) is 0 Å². The van der Waals surface area contributed by atoms with Crippen molar-refractivity contribution in [2.45, 2.75) is 38.8 Å². The second-order valence-corrected chi connectivity index (χ2v) is 5.43. The third-order valence-electron chi connectivity index (χ3n) is 3.71. The van der Waals surface area contributed by atoms with Crippen molar-refractivity contribution in [2.75, 3.05) is 19.8 Å². The van der Waals surface area contributed by atoms with Crippen molar-refractivity contribution in [3.63, 3.8) is 0 Å². The van der Waals surface area contributed by atoms with Crippen LogP contribution in [0.4, 0.5) is 0 Å². The van der Waals surface area contributed by atoms with Crippen molar-refractivity contribution in [2.24, 2.45) is 5.73 Å². The fourth-order valence-corrected chi connectivity index (χ4v) is 2.41. The zero-order chi connectivity index (χ0) is 13.1. The summed E-state index contributed by atoms with van der Waals surface area (Å²) in [7, 11) is 0. The lowest BCUT2D eigenvalue weighted by molar-refractivity contribution is 0.0684. The summed E-state index contributed by atoms with van der Waals surface area (Å²) in [6, 6.07) is 6.85. The quantitative estimate of drug-likeness (QED) is 0.861. The Labute approximate surface area is 110 Å². The summed E-state index contributed by atoms with van der Waals surface area (Å²) in [6.45, 7) is 8.93.